The summed E-state index contributed by atoms with van der Waals surface area (Å²) in [6, 6.07) is 15.9. The van der Waals surface area contributed by atoms with Gasteiger partial charge in [-0.2, -0.15) is 4.52 Å². The molecule has 2 heterocycles. The predicted molar refractivity (Wildman–Crippen MR) is 120 cm³/mol. The summed E-state index contributed by atoms with van der Waals surface area (Å²) in [5, 5.41) is 15.6. The van der Waals surface area contributed by atoms with Crippen LogP contribution in [0.2, 0.25) is 0 Å². The molecule has 10 heteroatoms. The van der Waals surface area contributed by atoms with Crippen LogP contribution in [0.1, 0.15) is 10.4 Å². The first kappa shape index (κ1) is 21.9. The molecule has 170 valence electrons. The van der Waals surface area contributed by atoms with Crippen LogP contribution in [0.4, 0.5) is 0 Å². The normalized spacial score (nSPS) is 10.6. The number of benzene rings is 2. The Hall–Kier alpha value is -4.34. The van der Waals surface area contributed by atoms with Gasteiger partial charge in [0, 0.05) is 17.2 Å². The van der Waals surface area contributed by atoms with E-state index in [0.717, 1.165) is 11.3 Å². The minimum absolute atomic E-state index is 0.234. The second-order valence-corrected chi connectivity index (χ2v) is 6.87. The first-order chi connectivity index (χ1) is 16.1. The van der Waals surface area contributed by atoms with Crippen molar-refractivity contribution >= 4 is 11.6 Å². The lowest BCUT2D eigenvalue weighted by Crippen LogP contribution is -2.28. The van der Waals surface area contributed by atoms with Crippen molar-refractivity contribution < 1.29 is 23.7 Å². The number of carbonyl (C=O) groups excluding carboxylic acids is 1. The maximum absolute atomic E-state index is 12.4. The standard InChI is InChI=1S/C23H23N5O5/c1-30-17-7-4-15(5-8-17)22-26-25-20-10-11-21(27-28(20)22)33-13-12-24-23(29)16-6-9-18(31-2)19(14-16)32-3/h4-11,14H,12-13H2,1-3H3,(H,24,29). The third-order valence-electron chi connectivity index (χ3n) is 4.87. The van der Waals surface area contributed by atoms with Crippen molar-refractivity contribution in [1.82, 2.24) is 25.1 Å². The van der Waals surface area contributed by atoms with E-state index in [0.29, 0.717) is 41.0 Å². The van der Waals surface area contributed by atoms with Gasteiger partial charge in [0.1, 0.15) is 12.4 Å². The van der Waals surface area contributed by atoms with Gasteiger partial charge in [0.15, 0.2) is 23.0 Å². The van der Waals surface area contributed by atoms with Gasteiger partial charge in [0.25, 0.3) is 5.91 Å². The Morgan fingerprint density at radius 3 is 2.42 bits per heavy atom. The minimum Gasteiger partial charge on any atom is -0.497 e. The first-order valence-electron chi connectivity index (χ1n) is 10.1. The number of nitrogens with one attached hydrogen (secondary N) is 1. The van der Waals surface area contributed by atoms with Crippen LogP contribution in [-0.4, -0.2) is 60.2 Å². The van der Waals surface area contributed by atoms with Gasteiger partial charge in [-0.3, -0.25) is 4.79 Å². The zero-order chi connectivity index (χ0) is 23.2. The van der Waals surface area contributed by atoms with Gasteiger partial charge < -0.3 is 24.3 Å². The molecule has 2 aromatic heterocycles. The van der Waals surface area contributed by atoms with E-state index < -0.39 is 0 Å². The summed E-state index contributed by atoms with van der Waals surface area (Å²) >= 11 is 0. The summed E-state index contributed by atoms with van der Waals surface area (Å²) < 4.78 is 22.9. The van der Waals surface area contributed by atoms with Gasteiger partial charge in [-0.1, -0.05) is 0 Å². The first-order valence-corrected chi connectivity index (χ1v) is 10.1. The Labute approximate surface area is 190 Å². The zero-order valence-electron chi connectivity index (χ0n) is 18.4. The summed E-state index contributed by atoms with van der Waals surface area (Å²) in [4.78, 5) is 12.4. The van der Waals surface area contributed by atoms with Crippen LogP contribution in [-0.2, 0) is 0 Å². The lowest BCUT2D eigenvalue weighted by molar-refractivity contribution is 0.0946. The number of nitrogens with zero attached hydrogens (tertiary/aromatic N) is 4. The summed E-state index contributed by atoms with van der Waals surface area (Å²) in [5.41, 5.74) is 1.89. The number of methoxy groups -OCH3 is 3. The number of fused-ring (bicyclic) bond motifs is 1. The van der Waals surface area contributed by atoms with Crippen molar-refractivity contribution in [2.45, 2.75) is 0 Å². The fourth-order valence-electron chi connectivity index (χ4n) is 3.17. The predicted octanol–water partition coefficient (Wildman–Crippen LogP) is 2.63. The minimum atomic E-state index is -0.247. The Morgan fingerprint density at radius 2 is 1.70 bits per heavy atom. The van der Waals surface area contributed by atoms with E-state index in [-0.39, 0.29) is 12.5 Å². The van der Waals surface area contributed by atoms with Crippen molar-refractivity contribution in [2.75, 3.05) is 34.5 Å². The molecule has 1 amide bonds. The number of hydrogen-bond donors (Lipinski definition) is 1. The molecule has 4 rings (SSSR count). The Morgan fingerprint density at radius 1 is 0.909 bits per heavy atom. The third-order valence-corrected chi connectivity index (χ3v) is 4.87. The van der Waals surface area contributed by atoms with E-state index >= 15 is 0 Å². The summed E-state index contributed by atoms with van der Waals surface area (Å²) in [5.74, 6) is 2.52. The summed E-state index contributed by atoms with van der Waals surface area (Å²) in [6.45, 7) is 0.526. The molecule has 0 saturated heterocycles. The summed E-state index contributed by atoms with van der Waals surface area (Å²) in [7, 11) is 4.68. The molecule has 0 aliphatic rings. The molecule has 1 N–H and O–H groups in total. The van der Waals surface area contributed by atoms with Crippen LogP contribution >= 0.6 is 0 Å². The largest absolute Gasteiger partial charge is 0.497 e. The van der Waals surface area contributed by atoms with Gasteiger partial charge in [-0.25, -0.2) is 0 Å². The van der Waals surface area contributed by atoms with E-state index in [1.54, 1.807) is 49.1 Å². The van der Waals surface area contributed by atoms with Gasteiger partial charge in [0.05, 0.1) is 27.9 Å². The highest BCUT2D eigenvalue weighted by Gasteiger charge is 2.12. The Bertz CT molecular complexity index is 1260. The maximum atomic E-state index is 12.4. The molecule has 0 saturated carbocycles. The molecule has 0 unspecified atom stereocenters. The molecule has 0 radical (unpaired) electrons. The molecule has 2 aromatic carbocycles. The van der Waals surface area contributed by atoms with Crippen molar-refractivity contribution in [2.24, 2.45) is 0 Å². The molecule has 0 spiro atoms. The molecule has 0 atom stereocenters. The Kier molecular flexibility index (Phi) is 6.53. The average Bonchev–Trinajstić information content (AvgIpc) is 3.29. The molecule has 0 aliphatic carbocycles. The molecular formula is C23H23N5O5. The monoisotopic (exact) mass is 449 g/mol. The maximum Gasteiger partial charge on any atom is 0.251 e. The van der Waals surface area contributed by atoms with Crippen molar-refractivity contribution in [3.8, 4) is 34.5 Å². The van der Waals surface area contributed by atoms with Crippen LogP contribution in [0.5, 0.6) is 23.1 Å². The van der Waals surface area contributed by atoms with Gasteiger partial charge in [-0.15, -0.1) is 15.3 Å². The van der Waals surface area contributed by atoms with Crippen molar-refractivity contribution in [1.29, 1.82) is 0 Å². The molecular weight excluding hydrogens is 426 g/mol. The molecule has 0 bridgehead atoms. The molecule has 10 nitrogen and oxygen atoms in total. The molecule has 33 heavy (non-hydrogen) atoms. The summed E-state index contributed by atoms with van der Waals surface area (Å²) in [6.07, 6.45) is 0. The number of hydrogen-bond acceptors (Lipinski definition) is 8. The van der Waals surface area contributed by atoms with E-state index in [9.17, 15) is 4.79 Å². The lowest BCUT2D eigenvalue weighted by Gasteiger charge is -2.10. The highest BCUT2D eigenvalue weighted by molar-refractivity contribution is 5.94. The van der Waals surface area contributed by atoms with Crippen LogP contribution in [0.25, 0.3) is 17.0 Å². The molecule has 0 aliphatic heterocycles. The van der Waals surface area contributed by atoms with E-state index in [4.69, 9.17) is 18.9 Å². The quantitative estimate of drug-likeness (QED) is 0.389. The number of carbonyl (C=O) groups is 1. The lowest BCUT2D eigenvalue weighted by atomic mass is 10.2. The van der Waals surface area contributed by atoms with E-state index in [1.165, 1.54) is 7.11 Å². The number of rotatable bonds is 9. The van der Waals surface area contributed by atoms with Crippen LogP contribution in [0.3, 0.4) is 0 Å². The number of amides is 1. The topological polar surface area (TPSA) is 109 Å². The number of ether oxygens (including phenoxy) is 4. The number of aromatic nitrogens is 4. The second kappa shape index (κ2) is 9.86. The smallest absolute Gasteiger partial charge is 0.251 e. The fraction of sp³-hybridized carbons (Fsp3) is 0.217. The van der Waals surface area contributed by atoms with Crippen LogP contribution in [0.15, 0.2) is 54.6 Å². The van der Waals surface area contributed by atoms with Gasteiger partial charge in [0.2, 0.25) is 5.88 Å². The SMILES string of the molecule is COc1ccc(-c2nnc3ccc(OCCNC(=O)c4ccc(OC)c(OC)c4)nn23)cc1. The zero-order valence-corrected chi connectivity index (χ0v) is 18.4. The van der Waals surface area contributed by atoms with Crippen molar-refractivity contribution in [3.63, 3.8) is 0 Å². The highest BCUT2D eigenvalue weighted by atomic mass is 16.5. The van der Waals surface area contributed by atoms with Gasteiger partial charge in [-0.05, 0) is 48.5 Å². The van der Waals surface area contributed by atoms with Gasteiger partial charge >= 0.3 is 0 Å². The van der Waals surface area contributed by atoms with Crippen LogP contribution < -0.4 is 24.3 Å². The Balaban J connectivity index is 1.38. The third kappa shape index (κ3) is 4.79. The fourth-order valence-corrected chi connectivity index (χ4v) is 3.17. The second-order valence-electron chi connectivity index (χ2n) is 6.87. The molecule has 4 aromatic rings. The van der Waals surface area contributed by atoms with Crippen molar-refractivity contribution in [3.05, 3.63) is 60.2 Å². The van der Waals surface area contributed by atoms with Crippen LogP contribution in [0, 0.1) is 0 Å². The highest BCUT2D eigenvalue weighted by Crippen LogP contribution is 2.27. The van der Waals surface area contributed by atoms with E-state index in [2.05, 4.69) is 20.6 Å². The van der Waals surface area contributed by atoms with E-state index in [1.807, 2.05) is 24.3 Å². The molecule has 0 fully saturated rings. The average molecular weight is 449 g/mol.